The summed E-state index contributed by atoms with van der Waals surface area (Å²) in [7, 11) is 0. The topological polar surface area (TPSA) is 926 Å². The van der Waals surface area contributed by atoms with Crippen molar-refractivity contribution in [3.8, 4) is 0 Å². The van der Waals surface area contributed by atoms with Crippen LogP contribution >= 0.6 is 0 Å². The summed E-state index contributed by atoms with van der Waals surface area (Å²) < 4.78 is 128. The van der Waals surface area contributed by atoms with E-state index in [9.17, 15) is 172 Å². The molecule has 5 amide bonds. The molecule has 11 aliphatic rings. The number of carbonyl (C=O) groups excluding carboxylic acids is 5. The first-order chi connectivity index (χ1) is 64.3. The van der Waals surface area contributed by atoms with Crippen LogP contribution in [0.2, 0.25) is 0 Å². The van der Waals surface area contributed by atoms with Gasteiger partial charge in [0, 0.05) is 34.6 Å². The predicted molar refractivity (Wildman–Crippen MR) is 419 cm³/mol. The molecule has 0 aromatic rings. The quantitative estimate of drug-likeness (QED) is 0.0280. The largest absolute Gasteiger partial charge is 0.394 e. The van der Waals surface area contributed by atoms with E-state index < -0.39 is 433 Å². The van der Waals surface area contributed by atoms with Gasteiger partial charge in [0.1, 0.15) is 262 Å². The molecule has 60 nitrogen and oxygen atoms in total. The molecule has 136 heavy (non-hydrogen) atoms. The molecule has 0 unspecified atom stereocenters. The Bertz CT molecular complexity index is 3760. The van der Waals surface area contributed by atoms with Crippen LogP contribution in [0.4, 0.5) is 0 Å². The van der Waals surface area contributed by atoms with E-state index in [1.54, 1.807) is 0 Å². The third-order valence-electron chi connectivity index (χ3n) is 24.9. The maximum absolute atomic E-state index is 13.5. The second-order valence-electron chi connectivity index (χ2n) is 34.5. The monoisotopic (exact) mass is 1990 g/mol. The van der Waals surface area contributed by atoms with Gasteiger partial charge in [0.05, 0.1) is 72.2 Å². The molecule has 0 aromatic heterocycles. The van der Waals surface area contributed by atoms with Gasteiger partial charge in [0.15, 0.2) is 69.2 Å². The lowest BCUT2D eigenvalue weighted by atomic mass is 9.93. The highest BCUT2D eigenvalue weighted by Gasteiger charge is 2.63. The van der Waals surface area contributed by atoms with Gasteiger partial charge in [0.2, 0.25) is 29.5 Å². The summed E-state index contributed by atoms with van der Waals surface area (Å²) >= 11 is 0. The van der Waals surface area contributed by atoms with E-state index in [0.717, 1.165) is 34.6 Å². The number of rotatable bonds is 35. The number of aliphatic hydroxyl groups is 29. The fourth-order valence-electron chi connectivity index (χ4n) is 17.7. The molecule has 34 N–H and O–H groups in total. The summed E-state index contributed by atoms with van der Waals surface area (Å²) in [6.07, 6.45) is -108. The molecule has 11 saturated heterocycles. The molecule has 11 aliphatic heterocycles. The van der Waals surface area contributed by atoms with Crippen LogP contribution in [0.25, 0.3) is 0 Å². The van der Waals surface area contributed by atoms with Crippen LogP contribution in [0.5, 0.6) is 0 Å². The average molecular weight is 1990 g/mol. The van der Waals surface area contributed by atoms with Crippen LogP contribution < -0.4 is 26.6 Å². The van der Waals surface area contributed by atoms with Crippen LogP contribution in [0.1, 0.15) is 41.5 Å². The summed E-state index contributed by atoms with van der Waals surface area (Å²) in [6.45, 7) is -5.99. The second-order valence-corrected chi connectivity index (χ2v) is 34.5. The van der Waals surface area contributed by atoms with E-state index in [1.807, 2.05) is 0 Å². The Morgan fingerprint density at radius 1 is 0.206 bits per heavy atom. The Morgan fingerprint density at radius 2 is 0.449 bits per heavy atom. The van der Waals surface area contributed by atoms with Crippen molar-refractivity contribution >= 4 is 29.5 Å². The highest BCUT2D eigenvalue weighted by molar-refractivity contribution is 5.75. The van der Waals surface area contributed by atoms with Gasteiger partial charge < -0.3 is 274 Å². The Hall–Kier alpha value is -4.65. The van der Waals surface area contributed by atoms with Crippen LogP contribution in [0.3, 0.4) is 0 Å². The molecule has 786 valence electrons. The molecular weight excluding hydrogens is 1860 g/mol. The first-order valence-corrected chi connectivity index (χ1v) is 43.5. The Morgan fingerprint density at radius 3 is 0.831 bits per heavy atom. The van der Waals surface area contributed by atoms with E-state index in [0.29, 0.717) is 0 Å². The molecule has 60 heteroatoms. The smallest absolute Gasteiger partial charge is 0.217 e. The third-order valence-corrected chi connectivity index (χ3v) is 24.9. The van der Waals surface area contributed by atoms with Gasteiger partial charge >= 0.3 is 0 Å². The van der Waals surface area contributed by atoms with Gasteiger partial charge in [-0.15, -0.1) is 0 Å². The van der Waals surface area contributed by atoms with Crippen molar-refractivity contribution in [3.05, 3.63) is 0 Å². The zero-order valence-corrected chi connectivity index (χ0v) is 73.4. The van der Waals surface area contributed by atoms with Gasteiger partial charge in [-0.2, -0.15) is 0 Å². The van der Waals surface area contributed by atoms with E-state index in [2.05, 4.69) is 26.6 Å². The van der Waals surface area contributed by atoms with Gasteiger partial charge in [-0.3, -0.25) is 24.0 Å². The number of ether oxygens (including phenoxy) is 21. The summed E-state index contributed by atoms with van der Waals surface area (Å²) in [5, 5.41) is 339. The number of hydrogen-bond donors (Lipinski definition) is 34. The highest BCUT2D eigenvalue weighted by Crippen LogP contribution is 2.42. The van der Waals surface area contributed by atoms with Crippen LogP contribution in [0.15, 0.2) is 0 Å². The normalized spacial score (nSPS) is 49.2. The molecule has 11 rings (SSSR count). The molecule has 11 heterocycles. The fraction of sp³-hybridized carbons (Fsp3) is 0.934. The lowest BCUT2D eigenvalue weighted by molar-refractivity contribution is -0.409. The number of hydrogen-bond acceptors (Lipinski definition) is 55. The zero-order valence-electron chi connectivity index (χ0n) is 73.4. The lowest BCUT2D eigenvalue weighted by Gasteiger charge is -2.52. The minimum atomic E-state index is -2.83. The van der Waals surface area contributed by atoms with Gasteiger partial charge in [-0.1, -0.05) is 0 Å². The predicted octanol–water partition coefficient (Wildman–Crippen LogP) is -23.2. The standard InChI is InChI=1S/C76H127N5O55/c1-17-38(95)49(106)54(111)71(118-17)116-15-31-61(45(102)33(66(115)119-31)77-18(2)90)129-68-35(79-20(4)92)46(103)60(30(14-89)125-68)132-74-57(114)63(134-76-65(53(110)43(100)27(11-86)124-76)136-70-37(81-22(6)94)48(105)59(29(13-88)127-70)131-73-56(113)51(108)41(98)25(9-84)122-73)62(133-67-34(78-19(3)91)44(101)39(96)23(7-82)120-67)32(128-74)16-117-75-64(52(109)42(99)26(10-85)123-75)135-69-36(80-21(5)93)47(104)58(28(12-87)126-69)130-72-55(112)50(107)40(97)24(8-83)121-72/h17,23-76,82-89,95-115H,7-16H2,1-6H3,(H,77,90)(H,78,91)(H,79,92)(H,80,93)(H,81,94)/t17-,23+,24+,25+,26+,27+,28+,29+,30+,31+,32+,33+,34+,35+,36+,37+,38+,39+,40-,41-,42+,43+,44+,45+,46+,47+,48+,49+,50-,51-,52-,53-,54-,55+,56+,57-,58+,59+,60+,61+,62+,63+,64-,65-,66+,67-,68-,69-,70-,71+,72-,73-,74-,75-,76+/m0/s1. The average Bonchev–Trinajstić information content (AvgIpc) is 0.778. The first kappa shape index (κ1) is 112. The molecular formula is C76H127N5O55. The second kappa shape index (κ2) is 48.8. The Labute approximate surface area is 770 Å². The van der Waals surface area contributed by atoms with Crippen molar-refractivity contribution in [1.82, 2.24) is 26.6 Å². The molecule has 0 saturated carbocycles. The lowest BCUT2D eigenvalue weighted by Crippen LogP contribution is -2.72. The van der Waals surface area contributed by atoms with Gasteiger partial charge in [0.25, 0.3) is 0 Å². The summed E-state index contributed by atoms with van der Waals surface area (Å²) in [4.78, 5) is 65.8. The van der Waals surface area contributed by atoms with Crippen molar-refractivity contribution in [2.75, 3.05) is 66.1 Å². The fourth-order valence-corrected chi connectivity index (χ4v) is 17.7. The van der Waals surface area contributed by atoms with Crippen molar-refractivity contribution in [1.29, 1.82) is 0 Å². The van der Waals surface area contributed by atoms with E-state index in [1.165, 1.54) is 6.92 Å². The summed E-state index contributed by atoms with van der Waals surface area (Å²) in [5.74, 6) is -4.99. The summed E-state index contributed by atoms with van der Waals surface area (Å²) in [6, 6.07) is -10.1. The van der Waals surface area contributed by atoms with E-state index in [4.69, 9.17) is 99.5 Å². The third kappa shape index (κ3) is 24.8. The molecule has 0 spiro atoms. The number of aliphatic hydroxyl groups excluding tert-OH is 29. The molecule has 0 aromatic carbocycles. The van der Waals surface area contributed by atoms with Crippen LogP contribution in [-0.4, -0.2) is 581 Å². The minimum Gasteiger partial charge on any atom is -0.394 e. The summed E-state index contributed by atoms with van der Waals surface area (Å²) in [5.41, 5.74) is 0. The number of carbonyl (C=O) groups is 5. The molecule has 0 aliphatic carbocycles. The van der Waals surface area contributed by atoms with Crippen molar-refractivity contribution in [3.63, 3.8) is 0 Å². The van der Waals surface area contributed by atoms with Crippen LogP contribution in [-0.2, 0) is 123 Å². The number of amides is 5. The van der Waals surface area contributed by atoms with E-state index >= 15 is 0 Å². The molecule has 11 fully saturated rings. The SMILES string of the molecule is CC(=O)N[C@@H]1[C@@H](O)[C@H](O[C@@H]2O[C@H](CO)[C@@H](O[C@@H]3O[C@H](CO[C@H]4O[C@H](CO)[C@@H](O)[C@H](O)[C@@H]4O[C@@H]4O[C@H](CO)[C@@H](O[C@@H]5O[C@H](CO)[C@H](O)[C@H](O)[C@H]5O)[C@H](O)[C@H]4NC(C)=O)[C@@H](O[C@@H]4O[C@H](CO)[C@@H](O)[C@H](O)[C@H]4NC(C)=O)[C@H](O[C@H]4O[C@H](CO)[C@@H](O)[C@H](O)[C@@H]4O[C@@H]4O[C@H](CO)[C@@H](O[C@@H]5O[C@H](CO)[C@H](O)[C@H](O)[C@H]5O)[C@H](O)[C@H]4NC(C)=O)[C@@H]3O)[C@H](O)[C@H]2NC(C)=O)[C@@H](CO[C@@H]2O[C@@H](C)[C@@H](O)[C@@H](O)[C@@H]2O)O[C@H]1O. The van der Waals surface area contributed by atoms with E-state index in [-0.39, 0.29) is 0 Å². The van der Waals surface area contributed by atoms with Crippen molar-refractivity contribution in [2.45, 2.75) is 379 Å². The Kier molecular flexibility index (Phi) is 40.1. The van der Waals surface area contributed by atoms with Gasteiger partial charge in [-0.05, 0) is 6.92 Å². The maximum Gasteiger partial charge on any atom is 0.217 e. The Balaban J connectivity index is 1.01. The maximum atomic E-state index is 13.5. The minimum absolute atomic E-state index is 0.882. The number of nitrogens with one attached hydrogen (secondary N) is 5. The molecule has 55 atom stereocenters. The first-order valence-electron chi connectivity index (χ1n) is 43.5. The van der Waals surface area contributed by atoms with Gasteiger partial charge in [-0.25, -0.2) is 0 Å². The molecule has 0 radical (unpaired) electrons. The highest BCUT2D eigenvalue weighted by atomic mass is 16.8. The van der Waals surface area contributed by atoms with Crippen molar-refractivity contribution < 1.29 is 272 Å². The van der Waals surface area contributed by atoms with Crippen LogP contribution in [0, 0.1) is 0 Å². The van der Waals surface area contributed by atoms with Crippen molar-refractivity contribution in [2.24, 2.45) is 0 Å². The molecule has 0 bridgehead atoms. The zero-order chi connectivity index (χ0) is 100.